The van der Waals surface area contributed by atoms with Crippen molar-refractivity contribution in [1.82, 2.24) is 0 Å². The summed E-state index contributed by atoms with van der Waals surface area (Å²) in [5, 5.41) is 4.30. The van der Waals surface area contributed by atoms with Crippen molar-refractivity contribution in [2.24, 2.45) is 10.9 Å². The summed E-state index contributed by atoms with van der Waals surface area (Å²) in [5.41, 5.74) is 1.33. The van der Waals surface area contributed by atoms with E-state index in [0.717, 1.165) is 25.2 Å². The molecule has 1 aliphatic carbocycles. The smallest absolute Gasteiger partial charge is 0.191 e. The van der Waals surface area contributed by atoms with Gasteiger partial charge < -0.3 is 4.74 Å². The molecule has 3 heteroatoms. The molecule has 0 bridgehead atoms. The van der Waals surface area contributed by atoms with Gasteiger partial charge in [-0.05, 0) is 48.7 Å². The van der Waals surface area contributed by atoms with Crippen LogP contribution in [0.4, 0.5) is 0 Å². The maximum Gasteiger partial charge on any atom is 0.191 e. The van der Waals surface area contributed by atoms with Crippen LogP contribution in [-0.4, -0.2) is 18.5 Å². The van der Waals surface area contributed by atoms with Gasteiger partial charge in [-0.3, -0.25) is 0 Å². The lowest BCUT2D eigenvalue weighted by molar-refractivity contribution is 0.301. The molecule has 1 heterocycles. The third-order valence-electron chi connectivity index (χ3n) is 5.80. The first-order chi connectivity index (χ1) is 14.9. The van der Waals surface area contributed by atoms with Crippen LogP contribution in [0.5, 0.6) is 0 Å². The summed E-state index contributed by atoms with van der Waals surface area (Å²) in [6, 6.07) is 32.7. The molecule has 0 N–H and O–H groups in total. The number of rotatable bonds is 6. The van der Waals surface area contributed by atoms with Crippen LogP contribution in [0.2, 0.25) is 0 Å². The Hall–Kier alpha value is -2.70. The summed E-state index contributed by atoms with van der Waals surface area (Å²) in [6.45, 7) is 0.697. The number of nitrogens with zero attached hydrogens (tertiary/aromatic N) is 1. The van der Waals surface area contributed by atoms with Gasteiger partial charge in [0, 0.05) is 0 Å². The first-order valence-corrected chi connectivity index (χ1v) is 12.1. The van der Waals surface area contributed by atoms with Crippen molar-refractivity contribution < 1.29 is 4.74 Å². The first kappa shape index (κ1) is 19.3. The third kappa shape index (κ3) is 4.11. The molecule has 2 atom stereocenters. The summed E-state index contributed by atoms with van der Waals surface area (Å²) in [5.74, 6) is 1.26. The molecule has 2 aliphatic rings. The molecule has 0 saturated carbocycles. The molecule has 0 fully saturated rings. The fourth-order valence-electron chi connectivity index (χ4n) is 4.40. The maximum absolute atomic E-state index is 6.19. The van der Waals surface area contributed by atoms with Crippen LogP contribution >= 0.6 is 7.92 Å². The summed E-state index contributed by atoms with van der Waals surface area (Å²) >= 11 is 0. The number of benzene rings is 3. The van der Waals surface area contributed by atoms with Crippen LogP contribution in [0.15, 0.2) is 107 Å². The molecular weight excluding hydrogens is 385 g/mol. The minimum absolute atomic E-state index is 0.226. The lowest BCUT2D eigenvalue weighted by Crippen LogP contribution is -2.20. The van der Waals surface area contributed by atoms with Gasteiger partial charge in [-0.1, -0.05) is 97.1 Å². The van der Waals surface area contributed by atoms with E-state index >= 15 is 0 Å². The molecular formula is C27H26NOP. The van der Waals surface area contributed by atoms with Crippen LogP contribution in [0.1, 0.15) is 18.4 Å². The summed E-state index contributed by atoms with van der Waals surface area (Å²) in [7, 11) is -0.570. The van der Waals surface area contributed by atoms with E-state index in [4.69, 9.17) is 9.73 Å². The Morgan fingerprint density at radius 3 is 2.03 bits per heavy atom. The fourth-order valence-corrected chi connectivity index (χ4v) is 7.10. The second kappa shape index (κ2) is 8.98. The van der Waals surface area contributed by atoms with E-state index in [1.54, 1.807) is 0 Å². The van der Waals surface area contributed by atoms with E-state index < -0.39 is 7.92 Å². The van der Waals surface area contributed by atoms with Crippen LogP contribution in [0.3, 0.4) is 0 Å². The normalized spacial score (nSPS) is 20.7. The number of allylic oxidation sites excluding steroid dienone is 1. The Labute approximate surface area is 180 Å². The van der Waals surface area contributed by atoms with Gasteiger partial charge in [-0.25, -0.2) is 4.99 Å². The number of hydrogen-bond acceptors (Lipinski definition) is 2. The largest absolute Gasteiger partial charge is 0.478 e. The van der Waals surface area contributed by atoms with Crippen LogP contribution in [0.25, 0.3) is 0 Å². The van der Waals surface area contributed by atoms with Gasteiger partial charge >= 0.3 is 0 Å². The monoisotopic (exact) mass is 411 g/mol. The van der Waals surface area contributed by atoms with E-state index in [2.05, 4.69) is 97.1 Å². The SMILES string of the molecule is C1=C(P(c2ccccc2)c2ccccc2)C(C2=N[C@@H](Cc3ccccc3)CO2)CC1. The molecule has 3 aromatic rings. The zero-order valence-corrected chi connectivity index (χ0v) is 17.9. The van der Waals surface area contributed by atoms with Gasteiger partial charge in [-0.15, -0.1) is 0 Å². The lowest BCUT2D eigenvalue weighted by atomic mass is 10.1. The minimum atomic E-state index is -0.570. The maximum atomic E-state index is 6.19. The highest BCUT2D eigenvalue weighted by Gasteiger charge is 2.35. The van der Waals surface area contributed by atoms with Gasteiger partial charge in [0.15, 0.2) is 5.90 Å². The predicted molar refractivity (Wildman–Crippen MR) is 127 cm³/mol. The fraction of sp³-hybridized carbons (Fsp3) is 0.222. The second-order valence-corrected chi connectivity index (χ2v) is 10.1. The second-order valence-electron chi connectivity index (χ2n) is 7.89. The number of hydrogen-bond donors (Lipinski definition) is 0. The highest BCUT2D eigenvalue weighted by Crippen LogP contribution is 2.51. The van der Waals surface area contributed by atoms with Gasteiger partial charge in [0.2, 0.25) is 0 Å². The molecule has 2 nitrogen and oxygen atoms in total. The molecule has 5 rings (SSSR count). The standard InChI is InChI=1S/C27H26NOP/c1-4-11-21(12-5-1)19-22-20-29-27(28-22)25-17-10-18-26(25)30(23-13-6-2-7-14-23)24-15-8-3-9-16-24/h1-9,11-16,18,22,25H,10,17,19-20H2/t22-,25?/m0/s1. The minimum Gasteiger partial charge on any atom is -0.478 e. The van der Waals surface area contributed by atoms with Crippen LogP contribution in [-0.2, 0) is 11.2 Å². The Bertz CT molecular complexity index is 991. The Morgan fingerprint density at radius 1 is 0.800 bits per heavy atom. The number of aliphatic imine (C=N–C) groups is 1. The predicted octanol–water partition coefficient (Wildman–Crippen LogP) is 5.45. The third-order valence-corrected chi connectivity index (χ3v) is 8.44. The Kier molecular flexibility index (Phi) is 5.77. The molecule has 150 valence electrons. The van der Waals surface area contributed by atoms with E-state index in [1.807, 2.05) is 0 Å². The first-order valence-electron chi connectivity index (χ1n) is 10.7. The van der Waals surface area contributed by atoms with Gasteiger partial charge in [0.05, 0.1) is 12.0 Å². The molecule has 1 unspecified atom stereocenters. The van der Waals surface area contributed by atoms with Crippen LogP contribution < -0.4 is 10.6 Å². The topological polar surface area (TPSA) is 21.6 Å². The molecule has 3 aromatic carbocycles. The summed E-state index contributed by atoms with van der Waals surface area (Å²) in [6.07, 6.45) is 5.60. The molecule has 30 heavy (non-hydrogen) atoms. The molecule has 0 aromatic heterocycles. The zero-order chi connectivity index (χ0) is 20.2. The molecule has 0 spiro atoms. The van der Waals surface area contributed by atoms with Gasteiger partial charge in [0.1, 0.15) is 6.61 Å². The van der Waals surface area contributed by atoms with E-state index in [-0.39, 0.29) is 6.04 Å². The Morgan fingerprint density at radius 2 is 1.40 bits per heavy atom. The van der Waals surface area contributed by atoms with Crippen molar-refractivity contribution in [3.8, 4) is 0 Å². The van der Waals surface area contributed by atoms with E-state index in [1.165, 1.54) is 21.5 Å². The van der Waals surface area contributed by atoms with Crippen molar-refractivity contribution in [3.63, 3.8) is 0 Å². The molecule has 0 radical (unpaired) electrons. The quantitative estimate of drug-likeness (QED) is 0.494. The highest BCUT2D eigenvalue weighted by atomic mass is 31.1. The van der Waals surface area contributed by atoms with Gasteiger partial charge in [-0.2, -0.15) is 0 Å². The Balaban J connectivity index is 1.43. The van der Waals surface area contributed by atoms with Crippen molar-refractivity contribution >= 4 is 24.4 Å². The van der Waals surface area contributed by atoms with Crippen molar-refractivity contribution in [1.29, 1.82) is 0 Å². The molecule has 0 saturated heterocycles. The van der Waals surface area contributed by atoms with Crippen LogP contribution in [0, 0.1) is 5.92 Å². The van der Waals surface area contributed by atoms with Crippen molar-refractivity contribution in [3.05, 3.63) is 108 Å². The average molecular weight is 411 g/mol. The zero-order valence-electron chi connectivity index (χ0n) is 17.0. The summed E-state index contributed by atoms with van der Waals surface area (Å²) < 4.78 is 6.19. The summed E-state index contributed by atoms with van der Waals surface area (Å²) in [4.78, 5) is 5.05. The highest BCUT2D eigenvalue weighted by molar-refractivity contribution is 7.76. The van der Waals surface area contributed by atoms with E-state index in [0.29, 0.717) is 12.5 Å². The average Bonchev–Trinajstić information content (AvgIpc) is 3.46. The lowest BCUT2D eigenvalue weighted by Gasteiger charge is -2.25. The van der Waals surface area contributed by atoms with Crippen molar-refractivity contribution in [2.45, 2.75) is 25.3 Å². The van der Waals surface area contributed by atoms with E-state index in [9.17, 15) is 0 Å². The van der Waals surface area contributed by atoms with Gasteiger partial charge in [0.25, 0.3) is 0 Å². The molecule has 1 aliphatic heterocycles. The molecule has 0 amide bonds. The van der Waals surface area contributed by atoms with Crippen molar-refractivity contribution in [2.75, 3.05) is 6.61 Å². The number of ether oxygens (including phenoxy) is 1.